The molecule has 7 nitrogen and oxygen atoms in total. The van der Waals surface area contributed by atoms with Crippen molar-refractivity contribution in [1.29, 1.82) is 0 Å². The third kappa shape index (κ3) is 9.71. The molecule has 7 heteroatoms. The van der Waals surface area contributed by atoms with Crippen LogP contribution in [0.1, 0.15) is 26.7 Å². The third-order valence-corrected chi connectivity index (χ3v) is 2.55. The van der Waals surface area contributed by atoms with Gasteiger partial charge in [0.1, 0.15) is 0 Å². The summed E-state index contributed by atoms with van der Waals surface area (Å²) in [6.45, 7) is 4.63. The van der Waals surface area contributed by atoms with E-state index < -0.39 is 6.10 Å². The van der Waals surface area contributed by atoms with Gasteiger partial charge in [-0.2, -0.15) is 0 Å². The van der Waals surface area contributed by atoms with Gasteiger partial charge in [-0.1, -0.05) is 0 Å². The van der Waals surface area contributed by atoms with E-state index >= 15 is 0 Å². The van der Waals surface area contributed by atoms with Crippen LogP contribution < -0.4 is 0 Å². The third-order valence-electron chi connectivity index (χ3n) is 2.55. The van der Waals surface area contributed by atoms with Crippen LogP contribution in [0, 0.1) is 0 Å². The molecule has 0 aliphatic heterocycles. The topological polar surface area (TPSA) is 96.3 Å². The molecule has 1 atom stereocenters. The predicted molar refractivity (Wildman–Crippen MR) is 72.0 cm³/mol. The molecule has 0 aromatic carbocycles. The van der Waals surface area contributed by atoms with Gasteiger partial charge in [0.05, 0.1) is 38.8 Å². The van der Waals surface area contributed by atoms with Crippen LogP contribution in [0.25, 0.3) is 0 Å². The Morgan fingerprint density at radius 3 is 1.85 bits per heavy atom. The summed E-state index contributed by atoms with van der Waals surface area (Å²) < 4.78 is 9.64. The average Bonchev–Trinajstić information content (AvgIpc) is 2.42. The van der Waals surface area contributed by atoms with Crippen molar-refractivity contribution in [3.8, 4) is 0 Å². The van der Waals surface area contributed by atoms with Gasteiger partial charge < -0.3 is 19.7 Å². The lowest BCUT2D eigenvalue weighted by molar-refractivity contribution is -0.143. The molecule has 0 amide bonds. The van der Waals surface area contributed by atoms with Crippen molar-refractivity contribution in [1.82, 2.24) is 4.90 Å². The van der Waals surface area contributed by atoms with Gasteiger partial charge in [0, 0.05) is 19.6 Å². The first-order valence-corrected chi connectivity index (χ1v) is 6.85. The minimum absolute atomic E-state index is 0.175. The molecule has 20 heavy (non-hydrogen) atoms. The Hall–Kier alpha value is -1.18. The number of hydrogen-bond donors (Lipinski definition) is 2. The number of hydrogen-bond acceptors (Lipinski definition) is 7. The van der Waals surface area contributed by atoms with Gasteiger partial charge in [0.25, 0.3) is 0 Å². The number of aliphatic hydroxyl groups excluding tert-OH is 2. The monoisotopic (exact) mass is 291 g/mol. The molecule has 0 rings (SSSR count). The van der Waals surface area contributed by atoms with E-state index in [2.05, 4.69) is 0 Å². The number of carbonyl (C=O) groups excluding carboxylic acids is 2. The predicted octanol–water partition coefficient (Wildman–Crippen LogP) is -0.452. The summed E-state index contributed by atoms with van der Waals surface area (Å²) in [4.78, 5) is 24.3. The Labute approximate surface area is 119 Å². The van der Waals surface area contributed by atoms with Crippen LogP contribution in [0.2, 0.25) is 0 Å². The molecule has 2 N–H and O–H groups in total. The summed E-state index contributed by atoms with van der Waals surface area (Å²) in [5.74, 6) is -0.653. The smallest absolute Gasteiger partial charge is 0.307 e. The number of esters is 2. The molecule has 0 aromatic rings. The summed E-state index contributed by atoms with van der Waals surface area (Å²) in [6, 6.07) is 0. The van der Waals surface area contributed by atoms with Gasteiger partial charge in [-0.25, -0.2) is 0 Å². The van der Waals surface area contributed by atoms with E-state index in [-0.39, 0.29) is 37.9 Å². The summed E-state index contributed by atoms with van der Waals surface area (Å²) in [5.41, 5.74) is 0. The minimum atomic E-state index is -0.903. The van der Waals surface area contributed by atoms with E-state index in [4.69, 9.17) is 14.6 Å². The zero-order valence-electron chi connectivity index (χ0n) is 12.2. The van der Waals surface area contributed by atoms with Crippen LogP contribution in [0.15, 0.2) is 0 Å². The molecule has 0 aliphatic rings. The Kier molecular flexibility index (Phi) is 10.9. The highest BCUT2D eigenvalue weighted by molar-refractivity contribution is 5.70. The molecule has 0 radical (unpaired) electrons. The quantitative estimate of drug-likeness (QED) is 0.498. The number of carbonyl (C=O) groups is 2. The molecular weight excluding hydrogens is 266 g/mol. The van der Waals surface area contributed by atoms with Crippen molar-refractivity contribution in [3.05, 3.63) is 0 Å². The van der Waals surface area contributed by atoms with Gasteiger partial charge in [-0.05, 0) is 13.8 Å². The second kappa shape index (κ2) is 11.6. The van der Waals surface area contributed by atoms with Crippen molar-refractivity contribution >= 4 is 11.9 Å². The zero-order chi connectivity index (χ0) is 15.4. The van der Waals surface area contributed by atoms with Crippen molar-refractivity contribution < 1.29 is 29.3 Å². The maximum atomic E-state index is 11.3. The first-order valence-electron chi connectivity index (χ1n) is 6.85. The number of ether oxygens (including phenoxy) is 2. The van der Waals surface area contributed by atoms with Crippen molar-refractivity contribution in [2.45, 2.75) is 32.8 Å². The van der Waals surface area contributed by atoms with Crippen molar-refractivity contribution in [2.75, 3.05) is 39.5 Å². The minimum Gasteiger partial charge on any atom is -0.466 e. The summed E-state index contributed by atoms with van der Waals surface area (Å²) >= 11 is 0. The van der Waals surface area contributed by atoms with E-state index in [1.54, 1.807) is 18.7 Å². The lowest BCUT2D eigenvalue weighted by Crippen LogP contribution is -2.37. The highest BCUT2D eigenvalue weighted by atomic mass is 16.5. The van der Waals surface area contributed by atoms with Crippen LogP contribution in [-0.2, 0) is 19.1 Å². The van der Waals surface area contributed by atoms with Gasteiger partial charge in [0.15, 0.2) is 0 Å². The van der Waals surface area contributed by atoms with Gasteiger partial charge >= 0.3 is 11.9 Å². The first-order chi connectivity index (χ1) is 9.53. The highest BCUT2D eigenvalue weighted by Gasteiger charge is 2.15. The van der Waals surface area contributed by atoms with Gasteiger partial charge in [-0.3, -0.25) is 14.5 Å². The largest absolute Gasteiger partial charge is 0.466 e. The van der Waals surface area contributed by atoms with E-state index in [1.807, 2.05) is 0 Å². The number of rotatable bonds is 11. The summed E-state index contributed by atoms with van der Waals surface area (Å²) in [7, 11) is 0. The van der Waals surface area contributed by atoms with Gasteiger partial charge in [0.2, 0.25) is 0 Å². The Balaban J connectivity index is 4.19. The number of nitrogens with zero attached hydrogens (tertiary/aromatic N) is 1. The lowest BCUT2D eigenvalue weighted by Gasteiger charge is -2.23. The summed E-state index contributed by atoms with van der Waals surface area (Å²) in [6.07, 6.45) is -0.553. The van der Waals surface area contributed by atoms with E-state index in [9.17, 15) is 14.7 Å². The second-order valence-electron chi connectivity index (χ2n) is 4.25. The first kappa shape index (κ1) is 18.8. The normalized spacial score (nSPS) is 12.2. The van der Waals surface area contributed by atoms with Crippen LogP contribution >= 0.6 is 0 Å². The molecule has 0 saturated heterocycles. The fraction of sp³-hybridized carbons (Fsp3) is 0.846. The fourth-order valence-electron chi connectivity index (χ4n) is 1.62. The second-order valence-corrected chi connectivity index (χ2v) is 4.25. The van der Waals surface area contributed by atoms with E-state index in [0.717, 1.165) is 0 Å². The Morgan fingerprint density at radius 1 is 1.05 bits per heavy atom. The fourth-order valence-corrected chi connectivity index (χ4v) is 1.62. The molecule has 1 unspecified atom stereocenters. The molecule has 0 fully saturated rings. The van der Waals surface area contributed by atoms with Crippen molar-refractivity contribution in [2.24, 2.45) is 0 Å². The van der Waals surface area contributed by atoms with Gasteiger partial charge in [-0.15, -0.1) is 0 Å². The Morgan fingerprint density at radius 2 is 1.50 bits per heavy atom. The maximum absolute atomic E-state index is 11.3. The molecular formula is C13H25NO6. The average molecular weight is 291 g/mol. The molecule has 0 spiro atoms. The van der Waals surface area contributed by atoms with Crippen LogP contribution in [0.5, 0.6) is 0 Å². The molecule has 118 valence electrons. The standard InChI is InChI=1S/C13H25NO6/c1-3-19-12(17)5-7-14(9-11(16)10-15)8-6-13(18)20-4-2/h11,15-16H,3-10H2,1-2H3. The molecule has 0 aromatic heterocycles. The number of aliphatic hydroxyl groups is 2. The molecule has 0 bridgehead atoms. The van der Waals surface area contributed by atoms with E-state index in [0.29, 0.717) is 26.3 Å². The molecule has 0 aliphatic carbocycles. The van der Waals surface area contributed by atoms with Crippen molar-refractivity contribution in [3.63, 3.8) is 0 Å². The molecule has 0 heterocycles. The van der Waals surface area contributed by atoms with Crippen LogP contribution in [0.4, 0.5) is 0 Å². The maximum Gasteiger partial charge on any atom is 0.307 e. The molecule has 0 saturated carbocycles. The zero-order valence-corrected chi connectivity index (χ0v) is 12.2. The van der Waals surface area contributed by atoms with Crippen LogP contribution in [-0.4, -0.2) is 72.6 Å². The highest BCUT2D eigenvalue weighted by Crippen LogP contribution is 2.00. The SMILES string of the molecule is CCOC(=O)CCN(CCC(=O)OCC)CC(O)CO. The Bertz CT molecular complexity index is 262. The summed E-state index contributed by atoms with van der Waals surface area (Å²) in [5, 5.41) is 18.3. The van der Waals surface area contributed by atoms with Crippen LogP contribution in [0.3, 0.4) is 0 Å². The van der Waals surface area contributed by atoms with E-state index in [1.165, 1.54) is 0 Å². The lowest BCUT2D eigenvalue weighted by atomic mass is 10.2.